The fourth-order valence-corrected chi connectivity index (χ4v) is 3.90. The Morgan fingerprint density at radius 2 is 1.71 bits per heavy atom. The van der Waals surface area contributed by atoms with E-state index < -0.39 is 0 Å². The van der Waals surface area contributed by atoms with E-state index in [9.17, 15) is 9.59 Å². The van der Waals surface area contributed by atoms with Crippen LogP contribution in [0.25, 0.3) is 22.1 Å². The summed E-state index contributed by atoms with van der Waals surface area (Å²) in [5.74, 6) is 0.768. The van der Waals surface area contributed by atoms with Crippen LogP contribution in [0.2, 0.25) is 0 Å². The number of carbonyl (C=O) groups is 1. The SMILES string of the molecule is CCC(C)C(=O)OCCCCCCCCCOc1ccc(-c2cc3cnccc3oc2=O)cc1C. The second kappa shape index (κ2) is 13.7. The Morgan fingerprint density at radius 3 is 2.43 bits per heavy atom. The van der Waals surface area contributed by atoms with Crippen molar-refractivity contribution in [1.82, 2.24) is 4.98 Å². The minimum atomic E-state index is -0.358. The molecule has 3 aromatic rings. The summed E-state index contributed by atoms with van der Waals surface area (Å²) in [6.07, 6.45) is 11.9. The highest BCUT2D eigenvalue weighted by atomic mass is 16.5. The fourth-order valence-electron chi connectivity index (χ4n) is 3.90. The first-order valence-electron chi connectivity index (χ1n) is 12.8. The molecule has 0 saturated carbocycles. The van der Waals surface area contributed by atoms with Gasteiger partial charge in [-0.05, 0) is 61.6 Å². The Morgan fingerprint density at radius 1 is 1.00 bits per heavy atom. The van der Waals surface area contributed by atoms with Gasteiger partial charge in [0, 0.05) is 17.8 Å². The van der Waals surface area contributed by atoms with Crippen molar-refractivity contribution in [2.45, 2.75) is 72.1 Å². The zero-order chi connectivity index (χ0) is 25.0. The molecule has 188 valence electrons. The summed E-state index contributed by atoms with van der Waals surface area (Å²) in [7, 11) is 0. The van der Waals surface area contributed by atoms with Gasteiger partial charge in [-0.25, -0.2) is 4.79 Å². The molecule has 6 nitrogen and oxygen atoms in total. The van der Waals surface area contributed by atoms with E-state index in [1.165, 1.54) is 19.3 Å². The minimum Gasteiger partial charge on any atom is -0.493 e. The van der Waals surface area contributed by atoms with E-state index in [1.807, 2.05) is 45.0 Å². The van der Waals surface area contributed by atoms with Crippen LogP contribution in [0.15, 0.2) is 51.9 Å². The first kappa shape index (κ1) is 26.5. The summed E-state index contributed by atoms with van der Waals surface area (Å²) < 4.78 is 16.7. The fraction of sp³-hybridized carbons (Fsp3) is 0.483. The predicted octanol–water partition coefficient (Wildman–Crippen LogP) is 6.86. The van der Waals surface area contributed by atoms with Gasteiger partial charge in [0.1, 0.15) is 11.3 Å². The average molecular weight is 480 g/mol. The number of aromatic nitrogens is 1. The lowest BCUT2D eigenvalue weighted by molar-refractivity contribution is -0.148. The van der Waals surface area contributed by atoms with Crippen LogP contribution in [0.3, 0.4) is 0 Å². The summed E-state index contributed by atoms with van der Waals surface area (Å²) in [6, 6.07) is 9.30. The molecule has 0 radical (unpaired) electrons. The quantitative estimate of drug-likeness (QED) is 0.186. The number of hydrogen-bond acceptors (Lipinski definition) is 6. The number of fused-ring (bicyclic) bond motifs is 1. The topological polar surface area (TPSA) is 78.6 Å². The van der Waals surface area contributed by atoms with Gasteiger partial charge in [0.05, 0.1) is 24.7 Å². The van der Waals surface area contributed by atoms with E-state index in [2.05, 4.69) is 4.98 Å². The molecule has 0 aliphatic carbocycles. The molecule has 3 rings (SSSR count). The number of carbonyl (C=O) groups excluding carboxylic acids is 1. The average Bonchev–Trinajstić information content (AvgIpc) is 2.86. The molecule has 0 saturated heterocycles. The molecule has 1 aromatic carbocycles. The standard InChI is InChI=1S/C29H37NO5/c1-4-21(2)28(31)34-17-11-9-7-5-6-8-10-16-33-26-13-12-23(18-22(26)3)25-19-24-20-30-15-14-27(24)35-29(25)32/h12-15,18-21H,4-11,16-17H2,1-3H3. The van der Waals surface area contributed by atoms with Crippen LogP contribution >= 0.6 is 0 Å². The van der Waals surface area contributed by atoms with Crippen molar-refractivity contribution >= 4 is 16.9 Å². The van der Waals surface area contributed by atoms with E-state index in [4.69, 9.17) is 13.9 Å². The first-order chi connectivity index (χ1) is 17.0. The minimum absolute atomic E-state index is 0.00275. The maximum Gasteiger partial charge on any atom is 0.344 e. The number of aryl methyl sites for hydroxylation is 1. The number of ether oxygens (including phenoxy) is 2. The van der Waals surface area contributed by atoms with E-state index in [-0.39, 0.29) is 17.5 Å². The molecule has 0 spiro atoms. The molecular weight excluding hydrogens is 442 g/mol. The largest absolute Gasteiger partial charge is 0.493 e. The molecule has 1 atom stereocenters. The van der Waals surface area contributed by atoms with Crippen LogP contribution in [0, 0.1) is 12.8 Å². The van der Waals surface area contributed by atoms with Gasteiger partial charge >= 0.3 is 11.6 Å². The van der Waals surface area contributed by atoms with Crippen molar-refractivity contribution in [2.75, 3.05) is 13.2 Å². The van der Waals surface area contributed by atoms with Gasteiger partial charge in [0.15, 0.2) is 0 Å². The maximum atomic E-state index is 12.4. The zero-order valence-corrected chi connectivity index (χ0v) is 21.2. The van der Waals surface area contributed by atoms with Crippen molar-refractivity contribution in [3.63, 3.8) is 0 Å². The summed E-state index contributed by atoms with van der Waals surface area (Å²) >= 11 is 0. The van der Waals surface area contributed by atoms with Gasteiger partial charge in [-0.3, -0.25) is 9.78 Å². The normalized spacial score (nSPS) is 12.0. The van der Waals surface area contributed by atoms with Crippen LogP contribution in [0.5, 0.6) is 5.75 Å². The van der Waals surface area contributed by atoms with Crippen LogP contribution in [-0.4, -0.2) is 24.2 Å². The van der Waals surface area contributed by atoms with E-state index in [1.54, 1.807) is 18.5 Å². The third-order valence-electron chi connectivity index (χ3n) is 6.32. The van der Waals surface area contributed by atoms with Crippen LogP contribution < -0.4 is 10.4 Å². The molecule has 2 heterocycles. The van der Waals surface area contributed by atoms with Crippen molar-refractivity contribution in [1.29, 1.82) is 0 Å². The van der Waals surface area contributed by atoms with E-state index in [0.717, 1.165) is 54.4 Å². The monoisotopic (exact) mass is 479 g/mol. The molecule has 2 aromatic heterocycles. The van der Waals surface area contributed by atoms with E-state index in [0.29, 0.717) is 24.4 Å². The summed E-state index contributed by atoms with van der Waals surface area (Å²) in [6.45, 7) is 7.12. The Labute approximate surface area is 207 Å². The number of unbranched alkanes of at least 4 members (excludes halogenated alkanes) is 6. The highest BCUT2D eigenvalue weighted by Gasteiger charge is 2.11. The molecule has 0 aliphatic rings. The molecule has 0 aliphatic heterocycles. The second-order valence-electron chi connectivity index (χ2n) is 9.14. The number of benzene rings is 1. The zero-order valence-electron chi connectivity index (χ0n) is 21.2. The predicted molar refractivity (Wildman–Crippen MR) is 139 cm³/mol. The molecule has 0 amide bonds. The molecule has 0 fully saturated rings. The lowest BCUT2D eigenvalue weighted by atomic mass is 10.0. The van der Waals surface area contributed by atoms with Gasteiger partial charge in [-0.2, -0.15) is 0 Å². The summed E-state index contributed by atoms with van der Waals surface area (Å²) in [5.41, 5.74) is 2.50. The number of esters is 1. The Balaban J connectivity index is 1.33. The van der Waals surface area contributed by atoms with Gasteiger partial charge in [0.25, 0.3) is 0 Å². The highest BCUT2D eigenvalue weighted by Crippen LogP contribution is 2.26. The molecule has 35 heavy (non-hydrogen) atoms. The third-order valence-corrected chi connectivity index (χ3v) is 6.32. The van der Waals surface area contributed by atoms with Crippen molar-refractivity contribution < 1.29 is 18.7 Å². The third kappa shape index (κ3) is 7.94. The van der Waals surface area contributed by atoms with Gasteiger partial charge in [-0.1, -0.05) is 52.0 Å². The number of hydrogen-bond donors (Lipinski definition) is 0. The Bertz CT molecular complexity index is 1150. The number of pyridine rings is 1. The highest BCUT2D eigenvalue weighted by molar-refractivity contribution is 5.81. The van der Waals surface area contributed by atoms with Crippen molar-refractivity contribution in [2.24, 2.45) is 5.92 Å². The molecule has 1 unspecified atom stereocenters. The Hall–Kier alpha value is -3.15. The smallest absolute Gasteiger partial charge is 0.344 e. The molecule has 0 N–H and O–H groups in total. The van der Waals surface area contributed by atoms with Crippen LogP contribution in [0.4, 0.5) is 0 Å². The number of nitrogens with zero attached hydrogens (tertiary/aromatic N) is 1. The molecule has 0 bridgehead atoms. The maximum absolute atomic E-state index is 12.4. The lowest BCUT2D eigenvalue weighted by Gasteiger charge is -2.11. The molecule has 6 heteroatoms. The first-order valence-corrected chi connectivity index (χ1v) is 12.8. The van der Waals surface area contributed by atoms with Gasteiger partial charge in [-0.15, -0.1) is 0 Å². The molecular formula is C29H37NO5. The van der Waals surface area contributed by atoms with Crippen molar-refractivity contribution in [3.8, 4) is 16.9 Å². The summed E-state index contributed by atoms with van der Waals surface area (Å²) in [4.78, 5) is 28.1. The Kier molecular flexibility index (Phi) is 10.3. The number of rotatable bonds is 14. The van der Waals surface area contributed by atoms with Gasteiger partial charge < -0.3 is 13.9 Å². The lowest BCUT2D eigenvalue weighted by Crippen LogP contribution is -2.14. The summed E-state index contributed by atoms with van der Waals surface area (Å²) in [5, 5.41) is 0.796. The second-order valence-corrected chi connectivity index (χ2v) is 9.14. The van der Waals surface area contributed by atoms with Crippen molar-refractivity contribution in [3.05, 3.63) is 58.7 Å². The van der Waals surface area contributed by atoms with Crippen LogP contribution in [-0.2, 0) is 9.53 Å². The van der Waals surface area contributed by atoms with Gasteiger partial charge in [0.2, 0.25) is 0 Å². The van der Waals surface area contributed by atoms with E-state index >= 15 is 0 Å². The van der Waals surface area contributed by atoms with Crippen LogP contribution in [0.1, 0.15) is 70.8 Å².